The molecule has 20 heteroatoms. The van der Waals surface area contributed by atoms with E-state index in [1.54, 1.807) is 0 Å². The molecule has 0 saturated carbocycles. The minimum absolute atomic E-state index is 0.304. The highest BCUT2D eigenvalue weighted by atomic mass is 32.2. The van der Waals surface area contributed by atoms with Crippen LogP contribution in [0.15, 0.2) is 0 Å². The predicted octanol–water partition coefficient (Wildman–Crippen LogP) is 0.285. The molecular weight excluding hydrogens is 580 g/mol. The first-order valence-corrected chi connectivity index (χ1v) is 17.6. The van der Waals surface area contributed by atoms with Crippen molar-refractivity contribution >= 4 is 50.6 Å². The van der Waals surface area contributed by atoms with Crippen molar-refractivity contribution in [2.45, 2.75) is 85.5 Å². The summed E-state index contributed by atoms with van der Waals surface area (Å²) in [4.78, 5) is 0. The molecule has 0 aromatic rings. The second kappa shape index (κ2) is 12.4. The van der Waals surface area contributed by atoms with Crippen LogP contribution in [0.1, 0.15) is 59.3 Å². The molecule has 0 spiro atoms. The molecule has 0 amide bonds. The molecule has 0 aromatic carbocycles. The SMILES string of the molecule is CCC(CC(CC(CC(CC(CC(C)C)S(=O)(=O)O)S(=O)(=O)O)S(=O)(=O)O)S(=O)(=O)O)S(=O)(=O)O. The number of hydrogen-bond acceptors (Lipinski definition) is 10. The van der Waals surface area contributed by atoms with Crippen molar-refractivity contribution < 1.29 is 64.9 Å². The molecule has 15 nitrogen and oxygen atoms in total. The third kappa shape index (κ3) is 12.6. The lowest BCUT2D eigenvalue weighted by Crippen LogP contribution is -2.39. The van der Waals surface area contributed by atoms with Gasteiger partial charge in [0, 0.05) is 0 Å². The van der Waals surface area contributed by atoms with E-state index in [1.165, 1.54) is 20.8 Å². The van der Waals surface area contributed by atoms with Crippen molar-refractivity contribution in [3.63, 3.8) is 0 Å². The zero-order chi connectivity index (χ0) is 28.2. The molecule has 5 atom stereocenters. The summed E-state index contributed by atoms with van der Waals surface area (Å²) in [7, 11) is -25.5. The maximum Gasteiger partial charge on any atom is 0.267 e. The lowest BCUT2D eigenvalue weighted by atomic mass is 10.0. The van der Waals surface area contributed by atoms with E-state index < -0.39 is 108 Å². The van der Waals surface area contributed by atoms with Gasteiger partial charge in [-0.15, -0.1) is 0 Å². The highest BCUT2D eigenvalue weighted by molar-refractivity contribution is 7.88. The summed E-state index contributed by atoms with van der Waals surface area (Å²) < 4.78 is 165. The fourth-order valence-electron chi connectivity index (χ4n) is 3.56. The molecule has 0 aliphatic heterocycles. The van der Waals surface area contributed by atoms with Crippen LogP contribution in [-0.2, 0) is 50.6 Å². The van der Waals surface area contributed by atoms with Gasteiger partial charge in [-0.05, 0) is 44.4 Å². The van der Waals surface area contributed by atoms with Gasteiger partial charge in [-0.2, -0.15) is 42.1 Å². The molecule has 0 aliphatic rings. The zero-order valence-corrected chi connectivity index (χ0v) is 23.1. The van der Waals surface area contributed by atoms with Gasteiger partial charge >= 0.3 is 0 Å². The Kier molecular flexibility index (Phi) is 12.2. The van der Waals surface area contributed by atoms with Gasteiger partial charge in [0.25, 0.3) is 50.6 Å². The van der Waals surface area contributed by atoms with E-state index >= 15 is 0 Å². The molecule has 35 heavy (non-hydrogen) atoms. The van der Waals surface area contributed by atoms with Crippen molar-refractivity contribution in [1.82, 2.24) is 0 Å². The Morgan fingerprint density at radius 3 is 0.800 bits per heavy atom. The molecule has 0 radical (unpaired) electrons. The molecule has 5 unspecified atom stereocenters. The van der Waals surface area contributed by atoms with Crippen molar-refractivity contribution in [2.75, 3.05) is 0 Å². The van der Waals surface area contributed by atoms with Crippen LogP contribution in [0, 0.1) is 5.92 Å². The average Bonchev–Trinajstić information content (AvgIpc) is 2.56. The van der Waals surface area contributed by atoms with Crippen molar-refractivity contribution in [3.05, 3.63) is 0 Å². The highest BCUT2D eigenvalue weighted by Crippen LogP contribution is 2.29. The Bertz CT molecular complexity index is 1230. The van der Waals surface area contributed by atoms with Gasteiger partial charge in [-0.3, -0.25) is 22.8 Å². The second-order valence-electron chi connectivity index (χ2n) is 8.67. The van der Waals surface area contributed by atoms with Gasteiger partial charge < -0.3 is 0 Å². The van der Waals surface area contributed by atoms with Crippen LogP contribution in [0.2, 0.25) is 0 Å². The van der Waals surface area contributed by atoms with Crippen LogP contribution >= 0.6 is 0 Å². The molecule has 212 valence electrons. The zero-order valence-electron chi connectivity index (χ0n) is 19.1. The van der Waals surface area contributed by atoms with Gasteiger partial charge in [-0.1, -0.05) is 20.8 Å². The minimum atomic E-state index is -5.32. The van der Waals surface area contributed by atoms with Gasteiger partial charge in [0.15, 0.2) is 0 Å². The standard InChI is InChI=1S/C15H32O15S5/c1-4-11(31(16,17)18)6-13(33(22,23)24)8-15(35(28,29)30)9-14(34(25,26)27)7-12(5-10(2)3)32(19,20)21/h10-15H,4-9H2,1-3H3,(H,16,17,18)(H,19,20,21)(H,22,23,24)(H,25,26,27)(H,28,29,30). The molecule has 0 aromatic heterocycles. The van der Waals surface area contributed by atoms with Gasteiger partial charge in [0.2, 0.25) is 0 Å². The van der Waals surface area contributed by atoms with E-state index in [2.05, 4.69) is 0 Å². The Morgan fingerprint density at radius 2 is 0.629 bits per heavy atom. The van der Waals surface area contributed by atoms with Crippen LogP contribution in [0.25, 0.3) is 0 Å². The summed E-state index contributed by atoms with van der Waals surface area (Å²) in [5.41, 5.74) is 0. The predicted molar refractivity (Wildman–Crippen MR) is 125 cm³/mol. The molecule has 0 rings (SSSR count). The smallest absolute Gasteiger partial charge is 0.267 e. The number of hydrogen-bond donors (Lipinski definition) is 5. The van der Waals surface area contributed by atoms with Crippen LogP contribution in [0.5, 0.6) is 0 Å². The topological polar surface area (TPSA) is 272 Å². The Balaban J connectivity index is 6.38. The lowest BCUT2D eigenvalue weighted by Gasteiger charge is -2.26. The third-order valence-corrected chi connectivity index (χ3v) is 11.7. The summed E-state index contributed by atoms with van der Waals surface area (Å²) in [5, 5.41) is -10.4. The Labute approximate surface area is 206 Å². The highest BCUT2D eigenvalue weighted by Gasteiger charge is 2.41. The fourth-order valence-corrected chi connectivity index (χ4v) is 8.90. The molecule has 0 heterocycles. The first kappa shape index (κ1) is 34.6. The Hall–Kier alpha value is -0.450. The first-order valence-electron chi connectivity index (χ1n) is 10.1. The van der Waals surface area contributed by atoms with Gasteiger partial charge in [0.05, 0.1) is 26.2 Å². The molecule has 0 fully saturated rings. The third-order valence-electron chi connectivity index (χ3n) is 5.40. The van der Waals surface area contributed by atoms with Crippen molar-refractivity contribution in [3.8, 4) is 0 Å². The minimum Gasteiger partial charge on any atom is -0.285 e. The Morgan fingerprint density at radius 1 is 0.429 bits per heavy atom. The van der Waals surface area contributed by atoms with Crippen LogP contribution in [0.4, 0.5) is 0 Å². The summed E-state index contributed by atoms with van der Waals surface area (Å²) in [6.45, 7) is 4.29. The van der Waals surface area contributed by atoms with Crippen LogP contribution < -0.4 is 0 Å². The molecular formula is C15H32O15S5. The molecule has 0 saturated heterocycles. The first-order chi connectivity index (χ1) is 15.3. The summed E-state index contributed by atoms with van der Waals surface area (Å²) in [6, 6.07) is 0. The van der Waals surface area contributed by atoms with Crippen molar-refractivity contribution in [2.24, 2.45) is 5.92 Å². The molecule has 0 aliphatic carbocycles. The normalized spacial score (nSPS) is 18.7. The summed E-state index contributed by atoms with van der Waals surface area (Å²) in [6.07, 6.45) is -5.26. The van der Waals surface area contributed by atoms with E-state index in [0.717, 1.165) is 0 Å². The quantitative estimate of drug-likeness (QED) is 0.146. The largest absolute Gasteiger partial charge is 0.285 e. The van der Waals surface area contributed by atoms with Gasteiger partial charge in [0.1, 0.15) is 0 Å². The van der Waals surface area contributed by atoms with E-state index in [-0.39, 0.29) is 12.8 Å². The van der Waals surface area contributed by atoms with E-state index in [1.807, 2.05) is 0 Å². The second-order valence-corrected chi connectivity index (χ2v) is 17.1. The maximum atomic E-state index is 11.9. The summed E-state index contributed by atoms with van der Waals surface area (Å²) in [5.74, 6) is -0.406. The monoisotopic (exact) mass is 612 g/mol. The van der Waals surface area contributed by atoms with E-state index in [4.69, 9.17) is 0 Å². The van der Waals surface area contributed by atoms with Gasteiger partial charge in [-0.25, -0.2) is 0 Å². The van der Waals surface area contributed by atoms with E-state index in [9.17, 15) is 64.9 Å². The van der Waals surface area contributed by atoms with Crippen LogP contribution in [-0.4, -0.2) is 91.1 Å². The molecule has 0 bridgehead atoms. The number of rotatable bonds is 16. The maximum absolute atomic E-state index is 11.9. The molecule has 5 N–H and O–H groups in total. The lowest BCUT2D eigenvalue weighted by molar-refractivity contribution is 0.402. The fraction of sp³-hybridized carbons (Fsp3) is 1.00. The summed E-state index contributed by atoms with van der Waals surface area (Å²) >= 11 is 0. The van der Waals surface area contributed by atoms with E-state index in [0.29, 0.717) is 0 Å². The van der Waals surface area contributed by atoms with Crippen molar-refractivity contribution in [1.29, 1.82) is 0 Å². The van der Waals surface area contributed by atoms with Crippen LogP contribution in [0.3, 0.4) is 0 Å². The average molecular weight is 613 g/mol.